The summed E-state index contributed by atoms with van der Waals surface area (Å²) in [6.45, 7) is 0.475. The predicted octanol–water partition coefficient (Wildman–Crippen LogP) is 4.94. The van der Waals surface area contributed by atoms with Crippen LogP contribution in [0.3, 0.4) is 0 Å². The molecule has 0 aliphatic carbocycles. The van der Waals surface area contributed by atoms with Crippen LogP contribution in [0.25, 0.3) is 0 Å². The van der Waals surface area contributed by atoms with E-state index < -0.39 is 6.61 Å². The number of alkyl halides is 2. The molecule has 1 atom stereocenters. The first-order chi connectivity index (χ1) is 13.0. The molecule has 1 aliphatic rings. The van der Waals surface area contributed by atoms with Crippen LogP contribution in [0.15, 0.2) is 54.6 Å². The summed E-state index contributed by atoms with van der Waals surface area (Å²) in [5.74, 6) is 0.602. The smallest absolute Gasteiger partial charge is 0.387 e. The van der Waals surface area contributed by atoms with Crippen molar-refractivity contribution in [2.75, 3.05) is 13.1 Å². The summed E-state index contributed by atoms with van der Waals surface area (Å²) in [4.78, 5) is 14.4. The Hall–Kier alpha value is -2.63. The van der Waals surface area contributed by atoms with Crippen LogP contribution in [0, 0.1) is 0 Å². The molecule has 0 saturated carbocycles. The average molecular weight is 374 g/mol. The summed E-state index contributed by atoms with van der Waals surface area (Å²) in [7, 11) is 0. The van der Waals surface area contributed by atoms with Crippen LogP contribution in [-0.4, -0.2) is 30.6 Å². The van der Waals surface area contributed by atoms with Crippen molar-refractivity contribution in [3.63, 3.8) is 0 Å². The molecule has 6 heteroatoms. The third-order valence-electron chi connectivity index (χ3n) is 5.00. The van der Waals surface area contributed by atoms with E-state index in [-0.39, 0.29) is 17.8 Å². The fourth-order valence-corrected chi connectivity index (χ4v) is 3.44. The lowest BCUT2D eigenvalue weighted by Gasteiger charge is -2.33. The Bertz CT molecular complexity index is 730. The van der Waals surface area contributed by atoms with Crippen LogP contribution in [-0.2, 0) is 0 Å². The van der Waals surface area contributed by atoms with Gasteiger partial charge < -0.3 is 15.0 Å². The highest BCUT2D eigenvalue weighted by Crippen LogP contribution is 2.28. The Kier molecular flexibility index (Phi) is 6.27. The zero-order chi connectivity index (χ0) is 19.2. The number of ether oxygens (including phenoxy) is 1. The van der Waals surface area contributed by atoms with E-state index >= 15 is 0 Å². The molecule has 0 bridgehead atoms. The molecule has 0 radical (unpaired) electrons. The zero-order valence-electron chi connectivity index (χ0n) is 15.3. The maximum absolute atomic E-state index is 12.5. The van der Waals surface area contributed by atoms with Gasteiger partial charge in [-0.25, -0.2) is 4.79 Å². The molecule has 2 aromatic carbocycles. The summed E-state index contributed by atoms with van der Waals surface area (Å²) >= 11 is 0. The van der Waals surface area contributed by atoms with Gasteiger partial charge in [-0.2, -0.15) is 8.78 Å². The Labute approximate surface area is 158 Å². The summed E-state index contributed by atoms with van der Waals surface area (Å²) in [6.07, 6.45) is 1.90. The van der Waals surface area contributed by atoms with Crippen molar-refractivity contribution in [2.24, 2.45) is 0 Å². The monoisotopic (exact) mass is 374 g/mol. The van der Waals surface area contributed by atoms with Gasteiger partial charge in [0.2, 0.25) is 0 Å². The number of hydrogen-bond acceptors (Lipinski definition) is 2. The highest BCUT2D eigenvalue weighted by Gasteiger charge is 2.24. The van der Waals surface area contributed by atoms with Gasteiger partial charge in [-0.15, -0.1) is 0 Å². The van der Waals surface area contributed by atoms with Crippen molar-refractivity contribution in [1.82, 2.24) is 10.2 Å². The van der Waals surface area contributed by atoms with Gasteiger partial charge in [0.15, 0.2) is 0 Å². The van der Waals surface area contributed by atoms with Gasteiger partial charge in [-0.1, -0.05) is 42.5 Å². The first kappa shape index (κ1) is 19.1. The lowest BCUT2D eigenvalue weighted by atomic mass is 9.90. The molecule has 1 N–H and O–H groups in total. The van der Waals surface area contributed by atoms with Crippen molar-refractivity contribution in [1.29, 1.82) is 0 Å². The molecule has 144 valence electrons. The number of nitrogens with one attached hydrogen (secondary N) is 1. The van der Waals surface area contributed by atoms with Crippen molar-refractivity contribution >= 4 is 6.03 Å². The molecule has 1 saturated heterocycles. The number of hydrogen-bond donors (Lipinski definition) is 1. The number of rotatable bonds is 5. The quantitative estimate of drug-likeness (QED) is 0.806. The normalized spacial score (nSPS) is 16.2. The minimum atomic E-state index is -2.84. The lowest BCUT2D eigenvalue weighted by Crippen LogP contribution is -2.44. The largest absolute Gasteiger partial charge is 0.435 e. The molecular formula is C21H24F2N2O2. The molecule has 4 nitrogen and oxygen atoms in total. The number of likely N-dealkylation sites (tertiary alicyclic amines) is 1. The topological polar surface area (TPSA) is 41.6 Å². The summed E-state index contributed by atoms with van der Waals surface area (Å²) in [6, 6.07) is 16.4. The van der Waals surface area contributed by atoms with Crippen molar-refractivity contribution < 1.29 is 18.3 Å². The molecule has 0 aromatic heterocycles. The van der Waals surface area contributed by atoms with Crippen LogP contribution in [0.2, 0.25) is 0 Å². The van der Waals surface area contributed by atoms with Gasteiger partial charge >= 0.3 is 12.6 Å². The van der Waals surface area contributed by atoms with Crippen molar-refractivity contribution in [3.8, 4) is 5.75 Å². The summed E-state index contributed by atoms with van der Waals surface area (Å²) in [5, 5.41) is 2.98. The Morgan fingerprint density at radius 2 is 1.70 bits per heavy atom. The van der Waals surface area contributed by atoms with E-state index in [0.717, 1.165) is 31.5 Å². The molecule has 2 aromatic rings. The minimum absolute atomic E-state index is 0.0954. The molecule has 27 heavy (non-hydrogen) atoms. The first-order valence-corrected chi connectivity index (χ1v) is 9.18. The Morgan fingerprint density at radius 1 is 1.07 bits per heavy atom. The molecule has 2 amide bonds. The van der Waals surface area contributed by atoms with Crippen LogP contribution < -0.4 is 10.1 Å². The number of nitrogens with zero attached hydrogens (tertiary/aromatic N) is 1. The molecule has 1 fully saturated rings. The van der Waals surface area contributed by atoms with E-state index in [1.807, 2.05) is 30.0 Å². The number of carbonyl (C=O) groups is 1. The number of carbonyl (C=O) groups excluding carboxylic acids is 1. The van der Waals surface area contributed by atoms with E-state index in [0.29, 0.717) is 5.92 Å². The molecule has 1 heterocycles. The van der Waals surface area contributed by atoms with E-state index in [2.05, 4.69) is 22.2 Å². The second-order valence-electron chi connectivity index (χ2n) is 6.79. The SMILES string of the molecule is CC(NC(=O)N1CCC(c2ccccc2)CC1)c1ccc(OC(F)F)cc1. The number of amides is 2. The van der Waals surface area contributed by atoms with Crippen LogP contribution >= 0.6 is 0 Å². The predicted molar refractivity (Wildman–Crippen MR) is 100 cm³/mol. The fraction of sp³-hybridized carbons (Fsp3) is 0.381. The summed E-state index contributed by atoms with van der Waals surface area (Å²) in [5.41, 5.74) is 2.17. The second kappa shape index (κ2) is 8.84. The highest BCUT2D eigenvalue weighted by molar-refractivity contribution is 5.74. The van der Waals surface area contributed by atoms with Gasteiger partial charge in [0.05, 0.1) is 6.04 Å². The first-order valence-electron chi connectivity index (χ1n) is 9.18. The molecule has 3 rings (SSSR count). The molecule has 0 spiro atoms. The molecule has 1 aliphatic heterocycles. The average Bonchev–Trinajstić information content (AvgIpc) is 2.69. The van der Waals surface area contributed by atoms with Gasteiger partial charge in [0, 0.05) is 13.1 Å². The third-order valence-corrected chi connectivity index (χ3v) is 5.00. The van der Waals surface area contributed by atoms with E-state index in [1.54, 1.807) is 12.1 Å². The van der Waals surface area contributed by atoms with Gasteiger partial charge in [0.25, 0.3) is 0 Å². The van der Waals surface area contributed by atoms with Gasteiger partial charge in [0.1, 0.15) is 5.75 Å². The standard InChI is InChI=1S/C21H24F2N2O2/c1-15(16-7-9-19(10-8-16)27-20(22)23)24-21(26)25-13-11-18(12-14-25)17-5-3-2-4-6-17/h2-10,15,18,20H,11-14H2,1H3,(H,24,26). The number of urea groups is 1. The van der Waals surface area contributed by atoms with E-state index in [9.17, 15) is 13.6 Å². The van der Waals surface area contributed by atoms with E-state index in [1.165, 1.54) is 17.7 Å². The number of halogens is 2. The third kappa shape index (κ3) is 5.18. The highest BCUT2D eigenvalue weighted by atomic mass is 19.3. The van der Waals surface area contributed by atoms with Crippen molar-refractivity contribution in [2.45, 2.75) is 38.3 Å². The van der Waals surface area contributed by atoms with Crippen LogP contribution in [0.1, 0.15) is 42.9 Å². The Morgan fingerprint density at radius 3 is 2.30 bits per heavy atom. The lowest BCUT2D eigenvalue weighted by molar-refractivity contribution is -0.0498. The van der Waals surface area contributed by atoms with E-state index in [4.69, 9.17) is 0 Å². The van der Waals surface area contributed by atoms with Crippen molar-refractivity contribution in [3.05, 3.63) is 65.7 Å². The maximum atomic E-state index is 12.5. The van der Waals surface area contributed by atoms with Crippen LogP contribution in [0.5, 0.6) is 5.75 Å². The zero-order valence-corrected chi connectivity index (χ0v) is 15.3. The molecular weight excluding hydrogens is 350 g/mol. The minimum Gasteiger partial charge on any atom is -0.435 e. The Balaban J connectivity index is 1.50. The number of benzene rings is 2. The maximum Gasteiger partial charge on any atom is 0.387 e. The fourth-order valence-electron chi connectivity index (χ4n) is 3.44. The van der Waals surface area contributed by atoms with Gasteiger partial charge in [-0.3, -0.25) is 0 Å². The summed E-state index contributed by atoms with van der Waals surface area (Å²) < 4.78 is 28.8. The van der Waals surface area contributed by atoms with Gasteiger partial charge in [-0.05, 0) is 48.9 Å². The molecule has 1 unspecified atom stereocenters. The second-order valence-corrected chi connectivity index (χ2v) is 6.79. The number of piperidine rings is 1. The van der Waals surface area contributed by atoms with Crippen LogP contribution in [0.4, 0.5) is 13.6 Å².